The Kier molecular flexibility index (Phi) is 3.26. The highest BCUT2D eigenvalue weighted by atomic mass is 19.1. The van der Waals surface area contributed by atoms with Gasteiger partial charge in [-0.2, -0.15) is 0 Å². The van der Waals surface area contributed by atoms with Crippen molar-refractivity contribution in [2.75, 3.05) is 11.4 Å². The number of nitrogens with zero attached hydrogens (tertiary/aromatic N) is 3. The maximum atomic E-state index is 13.2. The van der Waals surface area contributed by atoms with Crippen LogP contribution in [-0.4, -0.2) is 28.4 Å². The van der Waals surface area contributed by atoms with Crippen LogP contribution in [0.5, 0.6) is 0 Å². The van der Waals surface area contributed by atoms with E-state index in [0.29, 0.717) is 16.8 Å². The molecule has 1 aliphatic rings. The van der Waals surface area contributed by atoms with Crippen LogP contribution in [0.4, 0.5) is 14.9 Å². The van der Waals surface area contributed by atoms with Crippen molar-refractivity contribution in [3.05, 3.63) is 60.2 Å². The first-order valence-electron chi connectivity index (χ1n) is 7.34. The second-order valence-electron chi connectivity index (χ2n) is 5.40. The predicted octanol–water partition coefficient (Wildman–Crippen LogP) is 2.94. The molecule has 0 unspecified atom stereocenters. The fourth-order valence-electron chi connectivity index (χ4n) is 2.66. The van der Waals surface area contributed by atoms with Crippen molar-refractivity contribution in [2.45, 2.75) is 6.54 Å². The first-order chi connectivity index (χ1) is 11.6. The van der Waals surface area contributed by atoms with Gasteiger partial charge in [0.1, 0.15) is 24.4 Å². The highest BCUT2D eigenvalue weighted by molar-refractivity contribution is 6.12. The van der Waals surface area contributed by atoms with E-state index in [-0.39, 0.29) is 24.9 Å². The molecule has 6 nitrogen and oxygen atoms in total. The average Bonchev–Trinajstić information content (AvgIpc) is 3.10. The molecule has 3 amide bonds. The van der Waals surface area contributed by atoms with E-state index in [1.54, 1.807) is 24.3 Å². The van der Waals surface area contributed by atoms with Crippen molar-refractivity contribution in [2.24, 2.45) is 0 Å². The number of carbonyl (C=O) groups is 2. The van der Waals surface area contributed by atoms with Gasteiger partial charge in [0, 0.05) is 11.8 Å². The molecule has 1 aliphatic heterocycles. The first kappa shape index (κ1) is 14.4. The number of hydrogen-bond acceptors (Lipinski definition) is 4. The van der Waals surface area contributed by atoms with E-state index in [1.807, 2.05) is 6.07 Å². The van der Waals surface area contributed by atoms with Gasteiger partial charge < -0.3 is 4.42 Å². The molecule has 0 aliphatic carbocycles. The lowest BCUT2D eigenvalue weighted by Gasteiger charge is -2.15. The van der Waals surface area contributed by atoms with Crippen LogP contribution in [0.3, 0.4) is 0 Å². The van der Waals surface area contributed by atoms with Crippen LogP contribution >= 0.6 is 0 Å². The second-order valence-corrected chi connectivity index (χ2v) is 5.40. The Balaban J connectivity index is 1.59. The van der Waals surface area contributed by atoms with Crippen molar-refractivity contribution < 1.29 is 18.4 Å². The first-order valence-corrected chi connectivity index (χ1v) is 7.34. The maximum Gasteiger partial charge on any atom is 0.332 e. The van der Waals surface area contributed by atoms with Crippen molar-refractivity contribution in [3.8, 4) is 0 Å². The summed E-state index contributed by atoms with van der Waals surface area (Å²) in [5.74, 6) is -0.574. The van der Waals surface area contributed by atoms with Gasteiger partial charge in [-0.05, 0) is 24.3 Å². The Hall–Kier alpha value is -3.22. The zero-order chi connectivity index (χ0) is 16.7. The number of oxazole rings is 1. The Morgan fingerprint density at radius 2 is 1.92 bits per heavy atom. The highest BCUT2D eigenvalue weighted by Gasteiger charge is 2.37. The normalized spacial score (nSPS) is 14.9. The lowest BCUT2D eigenvalue weighted by molar-refractivity contribution is -0.125. The lowest BCUT2D eigenvalue weighted by Crippen LogP contribution is -2.32. The number of benzene rings is 2. The van der Waals surface area contributed by atoms with E-state index >= 15 is 0 Å². The number of fused-ring (bicyclic) bond motifs is 1. The second kappa shape index (κ2) is 5.45. The third-order valence-electron chi connectivity index (χ3n) is 3.81. The summed E-state index contributed by atoms with van der Waals surface area (Å²) in [5.41, 5.74) is 1.41. The van der Waals surface area contributed by atoms with Crippen molar-refractivity contribution in [3.63, 3.8) is 0 Å². The number of anilines is 1. The molecule has 0 spiro atoms. The molecule has 1 aromatic heterocycles. The van der Waals surface area contributed by atoms with Gasteiger partial charge in [-0.25, -0.2) is 14.2 Å². The van der Waals surface area contributed by atoms with Gasteiger partial charge in [0.15, 0.2) is 5.58 Å². The highest BCUT2D eigenvalue weighted by Crippen LogP contribution is 2.23. The Morgan fingerprint density at radius 1 is 1.12 bits per heavy atom. The monoisotopic (exact) mass is 325 g/mol. The smallest absolute Gasteiger partial charge is 0.332 e. The van der Waals surface area contributed by atoms with Crippen molar-refractivity contribution in [1.82, 2.24) is 9.88 Å². The van der Waals surface area contributed by atoms with Crippen molar-refractivity contribution in [1.29, 1.82) is 0 Å². The number of amides is 3. The van der Waals surface area contributed by atoms with E-state index in [0.717, 1.165) is 4.90 Å². The number of para-hydroxylation sites is 1. The summed E-state index contributed by atoms with van der Waals surface area (Å²) in [4.78, 5) is 31.3. The van der Waals surface area contributed by atoms with Gasteiger partial charge in [0.25, 0.3) is 5.91 Å². The Labute approximate surface area is 136 Å². The predicted molar refractivity (Wildman–Crippen MR) is 83.7 cm³/mol. The molecular weight excluding hydrogens is 313 g/mol. The SMILES string of the molecule is O=C1CN(c2ccccc2)C(=O)N1Cc1nc2cc(F)ccc2o1. The van der Waals surface area contributed by atoms with Gasteiger partial charge in [-0.15, -0.1) is 0 Å². The molecule has 4 rings (SSSR count). The molecule has 1 saturated heterocycles. The molecule has 24 heavy (non-hydrogen) atoms. The zero-order valence-corrected chi connectivity index (χ0v) is 12.5. The minimum absolute atomic E-state index is 0.0301. The molecule has 0 radical (unpaired) electrons. The standard InChI is InChI=1S/C17H12FN3O3/c18-11-6-7-14-13(8-11)19-15(24-14)9-21-16(22)10-20(17(21)23)12-4-2-1-3-5-12/h1-8H,9-10H2. The van der Waals surface area contributed by atoms with E-state index in [2.05, 4.69) is 4.98 Å². The Bertz CT molecular complexity index is 939. The van der Waals surface area contributed by atoms with E-state index in [9.17, 15) is 14.0 Å². The minimum atomic E-state index is -0.431. The number of carbonyl (C=O) groups excluding carboxylic acids is 2. The van der Waals surface area contributed by atoms with Crippen LogP contribution in [0.15, 0.2) is 52.9 Å². The third kappa shape index (κ3) is 2.40. The van der Waals surface area contributed by atoms with Gasteiger partial charge in [0.2, 0.25) is 5.89 Å². The third-order valence-corrected chi connectivity index (χ3v) is 3.81. The quantitative estimate of drug-likeness (QED) is 0.695. The molecule has 3 aromatic rings. The average molecular weight is 325 g/mol. The lowest BCUT2D eigenvalue weighted by atomic mass is 10.3. The van der Waals surface area contributed by atoms with E-state index in [4.69, 9.17) is 4.42 Å². The van der Waals surface area contributed by atoms with E-state index < -0.39 is 11.8 Å². The number of rotatable bonds is 3. The molecule has 7 heteroatoms. The summed E-state index contributed by atoms with van der Waals surface area (Å²) in [6.45, 7) is -0.116. The van der Waals surface area contributed by atoms with Gasteiger partial charge in [-0.3, -0.25) is 14.6 Å². The Morgan fingerprint density at radius 3 is 2.71 bits per heavy atom. The van der Waals surface area contributed by atoms with Gasteiger partial charge in [0.05, 0.1) is 0 Å². The van der Waals surface area contributed by atoms with Crippen LogP contribution in [0.25, 0.3) is 11.1 Å². The van der Waals surface area contributed by atoms with Gasteiger partial charge >= 0.3 is 6.03 Å². The molecule has 0 atom stereocenters. The molecule has 0 bridgehead atoms. The summed E-state index contributed by atoms with van der Waals surface area (Å²) >= 11 is 0. The fraction of sp³-hybridized carbons (Fsp3) is 0.118. The van der Waals surface area contributed by atoms with Crippen LogP contribution in [-0.2, 0) is 11.3 Å². The summed E-state index contributed by atoms with van der Waals surface area (Å²) < 4.78 is 18.7. The maximum absolute atomic E-state index is 13.2. The molecule has 120 valence electrons. The minimum Gasteiger partial charge on any atom is -0.439 e. The van der Waals surface area contributed by atoms with Gasteiger partial charge in [-0.1, -0.05) is 18.2 Å². The molecule has 0 saturated carbocycles. The number of imide groups is 1. The number of aromatic nitrogens is 1. The van der Waals surface area contributed by atoms with Crippen molar-refractivity contribution >= 4 is 28.7 Å². The summed E-state index contributed by atoms with van der Waals surface area (Å²) in [5, 5.41) is 0. The summed E-state index contributed by atoms with van der Waals surface area (Å²) in [6, 6.07) is 12.5. The zero-order valence-electron chi connectivity index (χ0n) is 12.5. The summed E-state index contributed by atoms with van der Waals surface area (Å²) in [6.07, 6.45) is 0. The largest absolute Gasteiger partial charge is 0.439 e. The molecule has 1 fully saturated rings. The molecular formula is C17H12FN3O3. The van der Waals surface area contributed by atoms with E-state index in [1.165, 1.54) is 23.1 Å². The topological polar surface area (TPSA) is 66.7 Å². The molecule has 0 N–H and O–H groups in total. The molecule has 2 aromatic carbocycles. The number of urea groups is 1. The van der Waals surface area contributed by atoms with Crippen LogP contribution in [0.1, 0.15) is 5.89 Å². The molecule has 2 heterocycles. The number of halogens is 1. The van der Waals surface area contributed by atoms with Crippen LogP contribution < -0.4 is 4.90 Å². The fourth-order valence-corrected chi connectivity index (χ4v) is 2.66. The number of hydrogen-bond donors (Lipinski definition) is 0. The van der Waals surface area contributed by atoms with Crippen LogP contribution in [0.2, 0.25) is 0 Å². The summed E-state index contributed by atoms with van der Waals surface area (Å²) in [7, 11) is 0. The van der Waals surface area contributed by atoms with Crippen LogP contribution in [0, 0.1) is 5.82 Å².